The molecule has 0 saturated carbocycles. The smallest absolute Gasteiger partial charge is 0.339 e. The molecule has 5 nitrogen and oxygen atoms in total. The highest BCUT2D eigenvalue weighted by Crippen LogP contribution is 2.40. The molecule has 208 valence electrons. The van der Waals surface area contributed by atoms with Gasteiger partial charge in [0.2, 0.25) is 0 Å². The van der Waals surface area contributed by atoms with E-state index in [1.807, 2.05) is 53.7 Å². The number of hydrogen-bond donors (Lipinski definition) is 1. The number of ether oxygens (including phenoxy) is 3. The van der Waals surface area contributed by atoms with Crippen molar-refractivity contribution in [2.75, 3.05) is 13.7 Å². The molecule has 0 amide bonds. The summed E-state index contributed by atoms with van der Waals surface area (Å²) in [6.45, 7) is 18.6. The molecule has 1 aliphatic rings. The monoisotopic (exact) mass is 529 g/mol. The summed E-state index contributed by atoms with van der Waals surface area (Å²) in [5.41, 5.74) is 10.5. The summed E-state index contributed by atoms with van der Waals surface area (Å²) >= 11 is 0. The second kappa shape index (κ2) is 12.2. The summed E-state index contributed by atoms with van der Waals surface area (Å²) in [5.74, 6) is 6.72. The van der Waals surface area contributed by atoms with E-state index in [4.69, 9.17) is 19.9 Å². The number of hydrogen-bond acceptors (Lipinski definition) is 5. The van der Waals surface area contributed by atoms with Crippen molar-refractivity contribution in [2.45, 2.75) is 85.0 Å². The minimum Gasteiger partial charge on any atom is -0.493 e. The van der Waals surface area contributed by atoms with Gasteiger partial charge in [0.15, 0.2) is 6.10 Å². The fourth-order valence-corrected chi connectivity index (χ4v) is 4.65. The summed E-state index contributed by atoms with van der Waals surface area (Å²) in [4.78, 5) is 13.2. The van der Waals surface area contributed by atoms with Crippen LogP contribution < -0.4 is 5.73 Å². The van der Waals surface area contributed by atoms with Gasteiger partial charge in [-0.1, -0.05) is 43.6 Å². The lowest BCUT2D eigenvalue weighted by Crippen LogP contribution is -2.29. The van der Waals surface area contributed by atoms with Gasteiger partial charge < -0.3 is 19.9 Å². The minimum atomic E-state index is -0.907. The molecule has 1 saturated heterocycles. The maximum atomic E-state index is 13.2. The molecule has 2 aromatic carbocycles. The van der Waals surface area contributed by atoms with Crippen molar-refractivity contribution in [3.63, 3.8) is 0 Å². The zero-order chi connectivity index (χ0) is 29.0. The number of methoxy groups -OCH3 is 1. The second-order valence-corrected chi connectivity index (χ2v) is 11.7. The predicted octanol–water partition coefficient (Wildman–Crippen LogP) is 7.31. The van der Waals surface area contributed by atoms with Crippen LogP contribution in [0.3, 0.4) is 0 Å². The van der Waals surface area contributed by atoms with Crippen LogP contribution in [0.15, 0.2) is 54.3 Å². The van der Waals surface area contributed by atoms with Crippen molar-refractivity contribution in [1.29, 1.82) is 0 Å². The third kappa shape index (κ3) is 7.85. The quantitative estimate of drug-likeness (QED) is 0.314. The summed E-state index contributed by atoms with van der Waals surface area (Å²) < 4.78 is 17.5. The van der Waals surface area contributed by atoms with Gasteiger partial charge in [0.1, 0.15) is 5.76 Å². The lowest BCUT2D eigenvalue weighted by Gasteiger charge is -2.30. The number of carbonyl (C=O) groups excluding carboxylic acids is 1. The second-order valence-electron chi connectivity index (χ2n) is 11.7. The Morgan fingerprint density at radius 1 is 1.23 bits per heavy atom. The molecular formula is C34H43NO4. The van der Waals surface area contributed by atoms with Gasteiger partial charge in [0.05, 0.1) is 24.9 Å². The Labute approximate surface area is 234 Å². The molecule has 0 bridgehead atoms. The van der Waals surface area contributed by atoms with Crippen molar-refractivity contribution < 1.29 is 19.0 Å². The molecule has 0 radical (unpaired) electrons. The highest BCUT2D eigenvalue weighted by molar-refractivity contribution is 5.99. The molecule has 0 spiro atoms. The molecule has 1 atom stereocenters. The van der Waals surface area contributed by atoms with Gasteiger partial charge >= 0.3 is 5.97 Å². The minimum absolute atomic E-state index is 0.438. The standard InChI is InChI=1S/C34H43NO4/c1-10-25(15-16-28-22(2)12-11-19-38-28)30-27-21-24(17-18-34(7,8)35)13-14-26(27)20-23(3)29(30)31(32(36)37-9)39-33(4,5)6/h13-16,20-21,31H,2,10-12,19,35H2,1,3-9H3. The Bertz CT molecular complexity index is 1370. The first-order chi connectivity index (χ1) is 18.2. The average Bonchev–Trinajstić information content (AvgIpc) is 2.86. The Morgan fingerprint density at radius 2 is 1.95 bits per heavy atom. The fraction of sp³-hybridized carbons (Fsp3) is 0.441. The van der Waals surface area contributed by atoms with Gasteiger partial charge in [-0.2, -0.15) is 0 Å². The molecule has 1 unspecified atom stereocenters. The van der Waals surface area contributed by atoms with E-state index in [9.17, 15) is 4.79 Å². The summed E-state index contributed by atoms with van der Waals surface area (Å²) in [6, 6.07) is 8.24. The average molecular weight is 530 g/mol. The summed E-state index contributed by atoms with van der Waals surface area (Å²) in [5, 5.41) is 2.03. The van der Waals surface area contributed by atoms with E-state index in [1.165, 1.54) is 7.11 Å². The van der Waals surface area contributed by atoms with Crippen molar-refractivity contribution in [3.8, 4) is 11.8 Å². The van der Waals surface area contributed by atoms with Crippen molar-refractivity contribution in [2.24, 2.45) is 5.73 Å². The van der Waals surface area contributed by atoms with Crippen LogP contribution >= 0.6 is 0 Å². The Morgan fingerprint density at radius 3 is 2.54 bits per heavy atom. The first-order valence-electron chi connectivity index (χ1n) is 13.6. The van der Waals surface area contributed by atoms with Crippen molar-refractivity contribution in [1.82, 2.24) is 0 Å². The molecule has 3 rings (SSSR count). The van der Waals surface area contributed by atoms with E-state index in [1.54, 1.807) is 0 Å². The molecule has 0 aliphatic carbocycles. The van der Waals surface area contributed by atoms with Gasteiger partial charge in [-0.25, -0.2) is 4.79 Å². The number of nitrogens with two attached hydrogens (primary N) is 1. The molecule has 39 heavy (non-hydrogen) atoms. The molecule has 1 heterocycles. The lowest BCUT2D eigenvalue weighted by atomic mass is 9.85. The molecular weight excluding hydrogens is 486 g/mol. The summed E-state index contributed by atoms with van der Waals surface area (Å²) in [7, 11) is 1.40. The highest BCUT2D eigenvalue weighted by atomic mass is 16.6. The van der Waals surface area contributed by atoms with Crippen LogP contribution in [-0.2, 0) is 19.0 Å². The predicted molar refractivity (Wildman–Crippen MR) is 160 cm³/mol. The fourth-order valence-electron chi connectivity index (χ4n) is 4.65. The summed E-state index contributed by atoms with van der Waals surface area (Å²) in [6.07, 6.45) is 5.78. The van der Waals surface area contributed by atoms with Gasteiger partial charge in [0, 0.05) is 11.1 Å². The molecule has 0 aromatic heterocycles. The van der Waals surface area contributed by atoms with Crippen LogP contribution in [0.2, 0.25) is 0 Å². The zero-order valence-electron chi connectivity index (χ0n) is 24.8. The van der Waals surface area contributed by atoms with Gasteiger partial charge in [-0.05, 0) is 112 Å². The number of allylic oxidation sites excluding steroid dienone is 4. The third-order valence-electron chi connectivity index (χ3n) is 6.43. The van der Waals surface area contributed by atoms with E-state index < -0.39 is 23.2 Å². The van der Waals surface area contributed by atoms with Crippen molar-refractivity contribution >= 4 is 22.3 Å². The number of benzene rings is 2. The maximum Gasteiger partial charge on any atom is 0.339 e. The number of carbonyl (C=O) groups is 1. The van der Waals surface area contributed by atoms with E-state index in [2.05, 4.69) is 49.6 Å². The zero-order valence-corrected chi connectivity index (χ0v) is 24.8. The third-order valence-corrected chi connectivity index (χ3v) is 6.43. The SMILES string of the molecule is C=C1CCCOC1=CC=C(CC)c1c(C(OC(C)(C)C)C(=O)OC)c(C)cc2ccc(C#CC(C)(C)N)cc12. The van der Waals surface area contributed by atoms with E-state index in [-0.39, 0.29) is 0 Å². The lowest BCUT2D eigenvalue weighted by molar-refractivity contribution is -0.164. The van der Waals surface area contributed by atoms with E-state index in [0.29, 0.717) is 6.61 Å². The van der Waals surface area contributed by atoms with Gasteiger partial charge in [-0.15, -0.1) is 0 Å². The van der Waals surface area contributed by atoms with E-state index in [0.717, 1.165) is 69.2 Å². The topological polar surface area (TPSA) is 70.8 Å². The Hall–Kier alpha value is -3.33. The maximum absolute atomic E-state index is 13.2. The number of esters is 1. The number of aryl methyl sites for hydroxylation is 1. The highest BCUT2D eigenvalue weighted by Gasteiger charge is 2.32. The van der Waals surface area contributed by atoms with Crippen LogP contribution in [0.1, 0.15) is 89.2 Å². The molecule has 1 aliphatic heterocycles. The van der Waals surface area contributed by atoms with Crippen LogP contribution in [0, 0.1) is 18.8 Å². The van der Waals surface area contributed by atoms with Gasteiger partial charge in [0.25, 0.3) is 0 Å². The van der Waals surface area contributed by atoms with E-state index >= 15 is 0 Å². The Balaban J connectivity index is 2.40. The normalized spacial score (nSPS) is 16.5. The number of fused-ring (bicyclic) bond motifs is 1. The van der Waals surface area contributed by atoms with Crippen LogP contribution in [0.4, 0.5) is 0 Å². The first-order valence-corrected chi connectivity index (χ1v) is 13.6. The van der Waals surface area contributed by atoms with Gasteiger partial charge in [-0.3, -0.25) is 0 Å². The molecule has 2 aromatic rings. The Kier molecular flexibility index (Phi) is 9.48. The van der Waals surface area contributed by atoms with Crippen LogP contribution in [0.25, 0.3) is 16.3 Å². The first kappa shape index (κ1) is 30.2. The van der Waals surface area contributed by atoms with Crippen LogP contribution in [-0.4, -0.2) is 30.8 Å². The van der Waals surface area contributed by atoms with Crippen LogP contribution in [0.5, 0.6) is 0 Å². The number of rotatable bonds is 6. The molecule has 2 N–H and O–H groups in total. The molecule has 5 heteroatoms. The molecule has 1 fully saturated rings. The van der Waals surface area contributed by atoms with Crippen molar-refractivity contribution in [3.05, 3.63) is 76.6 Å². The largest absolute Gasteiger partial charge is 0.493 e.